The number of hydrogen-bond acceptors (Lipinski definition) is 7. The van der Waals surface area contributed by atoms with Crippen LogP contribution < -0.4 is 18.9 Å². The Morgan fingerprint density at radius 1 is 0.476 bits per heavy atom. The van der Waals surface area contributed by atoms with Gasteiger partial charge in [-0.25, -0.2) is 9.59 Å². The van der Waals surface area contributed by atoms with Gasteiger partial charge in [0.2, 0.25) is 0 Å². The van der Waals surface area contributed by atoms with Gasteiger partial charge in [0.1, 0.15) is 28.7 Å². The molecule has 7 heteroatoms. The number of ether oxygens (including phenoxy) is 4. The van der Waals surface area contributed by atoms with Gasteiger partial charge < -0.3 is 24.1 Å². The van der Waals surface area contributed by atoms with Gasteiger partial charge in [0.15, 0.2) is 0 Å². The van der Waals surface area contributed by atoms with Gasteiger partial charge in [-0.3, -0.25) is 0 Å². The van der Waals surface area contributed by atoms with E-state index in [9.17, 15) is 14.7 Å². The van der Waals surface area contributed by atoms with Crippen LogP contribution >= 0.6 is 0 Å². The summed E-state index contributed by atoms with van der Waals surface area (Å²) in [5.74, 6) is 1.67. The molecule has 0 unspecified atom stereocenters. The number of hydrogen-bond donors (Lipinski definition) is 1. The molecule has 1 N–H and O–H groups in total. The van der Waals surface area contributed by atoms with Crippen LogP contribution in [0, 0.1) is 0 Å². The van der Waals surface area contributed by atoms with E-state index in [2.05, 4.69) is 13.8 Å². The Bertz CT molecular complexity index is 1640. The largest absolute Gasteiger partial charge is 0.519 e. The molecule has 0 aliphatic carbocycles. The zero-order chi connectivity index (χ0) is 29.5. The molecule has 0 fully saturated rings. The maximum absolute atomic E-state index is 12.4. The number of phenols is 1. The minimum atomic E-state index is -0.847. The lowest BCUT2D eigenvalue weighted by molar-refractivity contribution is 0.150. The lowest BCUT2D eigenvalue weighted by Crippen LogP contribution is -2.19. The summed E-state index contributed by atoms with van der Waals surface area (Å²) in [6.07, 6.45) is -1.66. The number of benzene rings is 5. The van der Waals surface area contributed by atoms with Gasteiger partial charge in [0.25, 0.3) is 0 Å². The molecule has 0 radical (unpaired) electrons. The van der Waals surface area contributed by atoms with Crippen LogP contribution in [0.3, 0.4) is 0 Å². The predicted octanol–water partition coefficient (Wildman–Crippen LogP) is 8.54. The molecule has 7 nitrogen and oxygen atoms in total. The predicted molar refractivity (Wildman–Crippen MR) is 158 cm³/mol. The summed E-state index contributed by atoms with van der Waals surface area (Å²) in [6.45, 7) is 4.14. The first-order valence-corrected chi connectivity index (χ1v) is 13.2. The number of rotatable bonds is 7. The second-order valence-electron chi connectivity index (χ2n) is 9.97. The van der Waals surface area contributed by atoms with E-state index < -0.39 is 12.3 Å². The van der Waals surface area contributed by atoms with Gasteiger partial charge in [-0.15, -0.1) is 0 Å². The highest BCUT2D eigenvalue weighted by molar-refractivity contribution is 5.69. The molecule has 5 aromatic rings. The van der Waals surface area contributed by atoms with Crippen molar-refractivity contribution in [3.63, 3.8) is 0 Å². The van der Waals surface area contributed by atoms with Crippen molar-refractivity contribution in [1.29, 1.82) is 0 Å². The maximum Gasteiger partial charge on any atom is 0.519 e. The van der Waals surface area contributed by atoms with Gasteiger partial charge >= 0.3 is 12.3 Å². The quantitative estimate of drug-likeness (QED) is 0.158. The SMILES string of the molecule is CC(C)(c1ccc(OC(=O)Oc2ccccc2)cc1)c1ccc(OC(=O)Oc2ccc(-c3ccc(O)cc3)cc2)cc1. The fourth-order valence-electron chi connectivity index (χ4n) is 4.33. The Morgan fingerprint density at radius 2 is 0.810 bits per heavy atom. The summed E-state index contributed by atoms with van der Waals surface area (Å²) in [7, 11) is 0. The minimum Gasteiger partial charge on any atom is -0.508 e. The average molecular weight is 561 g/mol. The number of carbonyl (C=O) groups is 2. The fourth-order valence-corrected chi connectivity index (χ4v) is 4.33. The van der Waals surface area contributed by atoms with E-state index in [1.54, 1.807) is 84.9 Å². The molecule has 0 spiro atoms. The third-order valence-corrected chi connectivity index (χ3v) is 6.75. The summed E-state index contributed by atoms with van der Waals surface area (Å²) in [6, 6.07) is 36.9. The average Bonchev–Trinajstić information content (AvgIpc) is 2.99. The van der Waals surface area contributed by atoms with Crippen molar-refractivity contribution in [2.24, 2.45) is 0 Å². The zero-order valence-electron chi connectivity index (χ0n) is 23.0. The Balaban J connectivity index is 1.16. The third kappa shape index (κ3) is 6.95. The van der Waals surface area contributed by atoms with E-state index in [0.717, 1.165) is 22.3 Å². The number of para-hydroxylation sites is 1. The first-order chi connectivity index (χ1) is 20.3. The van der Waals surface area contributed by atoms with Crippen LogP contribution in [0.25, 0.3) is 11.1 Å². The van der Waals surface area contributed by atoms with E-state index in [1.165, 1.54) is 0 Å². The molecule has 5 rings (SSSR count). The van der Waals surface area contributed by atoms with Crippen LogP contribution in [0.2, 0.25) is 0 Å². The fraction of sp³-hybridized carbons (Fsp3) is 0.0857. The van der Waals surface area contributed by atoms with Crippen LogP contribution in [0.15, 0.2) is 127 Å². The first-order valence-electron chi connectivity index (χ1n) is 13.2. The minimum absolute atomic E-state index is 0.196. The van der Waals surface area contributed by atoms with E-state index in [-0.39, 0.29) is 11.2 Å². The normalized spacial score (nSPS) is 10.9. The summed E-state index contributed by atoms with van der Waals surface area (Å²) >= 11 is 0. The second-order valence-corrected chi connectivity index (χ2v) is 9.97. The molecule has 42 heavy (non-hydrogen) atoms. The number of phenolic OH excluding ortho intramolecular Hbond substituents is 1. The molecule has 0 atom stereocenters. The molecule has 0 amide bonds. The van der Waals surface area contributed by atoms with Crippen molar-refractivity contribution < 1.29 is 33.6 Å². The van der Waals surface area contributed by atoms with Gasteiger partial charge in [-0.05, 0) is 82.9 Å². The molecule has 0 saturated heterocycles. The van der Waals surface area contributed by atoms with Crippen LogP contribution in [-0.2, 0) is 5.41 Å². The summed E-state index contributed by atoms with van der Waals surface area (Å²) in [4.78, 5) is 24.4. The standard InChI is InChI=1S/C35H28O7/c1-35(2,26-12-20-31(21-13-26)41-33(37)39-29-6-4-3-5-7-29)27-14-22-32(23-15-27)42-34(38)40-30-18-10-25(11-19-30)24-8-16-28(36)17-9-24/h3-23,36H,1-2H3. The molecular formula is C35H28O7. The summed E-state index contributed by atoms with van der Waals surface area (Å²) in [5, 5.41) is 9.46. The molecule has 0 bridgehead atoms. The van der Waals surface area contributed by atoms with Gasteiger partial charge in [-0.2, -0.15) is 0 Å². The van der Waals surface area contributed by atoms with Crippen molar-refractivity contribution in [1.82, 2.24) is 0 Å². The van der Waals surface area contributed by atoms with E-state index in [0.29, 0.717) is 23.0 Å². The molecule has 0 aliphatic rings. The van der Waals surface area contributed by atoms with Gasteiger partial charge in [-0.1, -0.05) is 80.6 Å². The third-order valence-electron chi connectivity index (χ3n) is 6.75. The molecule has 210 valence electrons. The Labute approximate surface area is 243 Å². The van der Waals surface area contributed by atoms with Crippen LogP contribution in [-0.4, -0.2) is 17.4 Å². The maximum atomic E-state index is 12.4. The number of carbonyl (C=O) groups excluding carboxylic acids is 2. The summed E-state index contributed by atoms with van der Waals surface area (Å²) < 4.78 is 21.1. The molecule has 5 aromatic carbocycles. The highest BCUT2D eigenvalue weighted by atomic mass is 16.7. The molecule has 0 heterocycles. The second kappa shape index (κ2) is 12.3. The molecular weight excluding hydrogens is 532 g/mol. The van der Waals surface area contributed by atoms with E-state index in [1.807, 2.05) is 42.5 Å². The molecule has 0 saturated carbocycles. The monoisotopic (exact) mass is 560 g/mol. The number of aromatic hydroxyl groups is 1. The van der Waals surface area contributed by atoms with E-state index in [4.69, 9.17) is 18.9 Å². The lowest BCUT2D eigenvalue weighted by Gasteiger charge is -2.26. The zero-order valence-corrected chi connectivity index (χ0v) is 23.0. The van der Waals surface area contributed by atoms with Crippen molar-refractivity contribution in [2.45, 2.75) is 19.3 Å². The molecule has 0 aromatic heterocycles. The highest BCUT2D eigenvalue weighted by Gasteiger charge is 2.24. The van der Waals surface area contributed by atoms with Gasteiger partial charge in [0, 0.05) is 5.41 Å². The first kappa shape index (κ1) is 28.0. The molecule has 0 aliphatic heterocycles. The lowest BCUT2D eigenvalue weighted by atomic mass is 9.78. The highest BCUT2D eigenvalue weighted by Crippen LogP contribution is 2.33. The van der Waals surface area contributed by atoms with Crippen LogP contribution in [0.4, 0.5) is 9.59 Å². The van der Waals surface area contributed by atoms with Crippen molar-refractivity contribution >= 4 is 12.3 Å². The van der Waals surface area contributed by atoms with Crippen LogP contribution in [0.5, 0.6) is 28.7 Å². The van der Waals surface area contributed by atoms with Crippen molar-refractivity contribution in [3.8, 4) is 39.9 Å². The Kier molecular flexibility index (Phi) is 8.20. The Morgan fingerprint density at radius 3 is 1.21 bits per heavy atom. The van der Waals surface area contributed by atoms with Crippen molar-refractivity contribution in [3.05, 3.63) is 139 Å². The van der Waals surface area contributed by atoms with E-state index >= 15 is 0 Å². The van der Waals surface area contributed by atoms with Crippen molar-refractivity contribution in [2.75, 3.05) is 0 Å². The van der Waals surface area contributed by atoms with Gasteiger partial charge in [0.05, 0.1) is 0 Å². The van der Waals surface area contributed by atoms with Crippen LogP contribution in [0.1, 0.15) is 25.0 Å². The topological polar surface area (TPSA) is 91.3 Å². The summed E-state index contributed by atoms with van der Waals surface area (Å²) in [5.41, 5.74) is 3.45. The Hall–Kier alpha value is -5.56. The smallest absolute Gasteiger partial charge is 0.508 e.